The highest BCUT2D eigenvalue weighted by Gasteiger charge is 2.19. The van der Waals surface area contributed by atoms with Crippen LogP contribution < -0.4 is 10.6 Å². The summed E-state index contributed by atoms with van der Waals surface area (Å²) in [7, 11) is 1.95. The third kappa shape index (κ3) is 4.03. The number of thiophene rings is 1. The first-order chi connectivity index (χ1) is 10.0. The van der Waals surface area contributed by atoms with E-state index in [2.05, 4.69) is 16.7 Å². The van der Waals surface area contributed by atoms with Crippen LogP contribution in [0.1, 0.15) is 28.8 Å². The molecule has 1 saturated heterocycles. The second-order valence-electron chi connectivity index (χ2n) is 5.64. The van der Waals surface area contributed by atoms with Gasteiger partial charge in [0.25, 0.3) is 0 Å². The zero-order chi connectivity index (χ0) is 15.4. The molecule has 2 N–H and O–H groups in total. The SMILES string of the molecule is Cc1sc(NC(=O)CN(C)CC2CCCN2)c(C#N)c1C. The van der Waals surface area contributed by atoms with Crippen LogP contribution in [0.4, 0.5) is 5.00 Å². The highest BCUT2D eigenvalue weighted by molar-refractivity contribution is 7.16. The fraction of sp³-hybridized carbons (Fsp3) is 0.600. The Morgan fingerprint density at radius 3 is 2.95 bits per heavy atom. The summed E-state index contributed by atoms with van der Waals surface area (Å²) in [6.07, 6.45) is 2.39. The Hall–Kier alpha value is -1.42. The molecule has 0 bridgehead atoms. The maximum atomic E-state index is 12.1. The molecule has 1 aromatic rings. The van der Waals surface area contributed by atoms with Crippen LogP contribution in [-0.2, 0) is 4.79 Å². The molecular formula is C15H22N4OS. The lowest BCUT2D eigenvalue weighted by Crippen LogP contribution is -2.39. The molecule has 0 aliphatic carbocycles. The average Bonchev–Trinajstić information content (AvgIpc) is 2.99. The molecule has 0 saturated carbocycles. The van der Waals surface area contributed by atoms with E-state index in [1.807, 2.05) is 25.8 Å². The number of carbonyl (C=O) groups is 1. The highest BCUT2D eigenvalue weighted by atomic mass is 32.1. The second-order valence-corrected chi connectivity index (χ2v) is 6.86. The number of likely N-dealkylation sites (N-methyl/N-ethyl adjacent to an activating group) is 1. The number of carbonyl (C=O) groups excluding carboxylic acids is 1. The summed E-state index contributed by atoms with van der Waals surface area (Å²) in [6.45, 7) is 6.18. The third-order valence-electron chi connectivity index (χ3n) is 3.86. The van der Waals surface area contributed by atoms with Crippen molar-refractivity contribution in [3.8, 4) is 6.07 Å². The van der Waals surface area contributed by atoms with Crippen LogP contribution in [0.3, 0.4) is 0 Å². The summed E-state index contributed by atoms with van der Waals surface area (Å²) in [5.41, 5.74) is 1.55. The lowest BCUT2D eigenvalue weighted by Gasteiger charge is -2.20. The molecule has 1 aliphatic rings. The van der Waals surface area contributed by atoms with Crippen molar-refractivity contribution in [3.05, 3.63) is 16.0 Å². The number of nitriles is 1. The predicted molar refractivity (Wildman–Crippen MR) is 85.7 cm³/mol. The molecule has 6 heteroatoms. The molecule has 0 radical (unpaired) electrons. The lowest BCUT2D eigenvalue weighted by molar-refractivity contribution is -0.117. The molecule has 5 nitrogen and oxygen atoms in total. The molecule has 0 aromatic carbocycles. The fourth-order valence-corrected chi connectivity index (χ4v) is 3.64. The Kier molecular flexibility index (Phi) is 5.34. The van der Waals surface area contributed by atoms with Crippen LogP contribution in [0.25, 0.3) is 0 Å². The van der Waals surface area contributed by atoms with E-state index >= 15 is 0 Å². The lowest BCUT2D eigenvalue weighted by atomic mass is 10.2. The van der Waals surface area contributed by atoms with E-state index < -0.39 is 0 Å². The van der Waals surface area contributed by atoms with E-state index in [4.69, 9.17) is 0 Å². The van der Waals surface area contributed by atoms with Gasteiger partial charge >= 0.3 is 0 Å². The Labute approximate surface area is 129 Å². The average molecular weight is 306 g/mol. The molecule has 21 heavy (non-hydrogen) atoms. The molecule has 0 spiro atoms. The molecule has 1 aromatic heterocycles. The van der Waals surface area contributed by atoms with Gasteiger partial charge < -0.3 is 10.6 Å². The number of aryl methyl sites for hydroxylation is 1. The Morgan fingerprint density at radius 2 is 2.33 bits per heavy atom. The maximum Gasteiger partial charge on any atom is 0.239 e. The van der Waals surface area contributed by atoms with Crippen molar-refractivity contribution in [2.24, 2.45) is 0 Å². The van der Waals surface area contributed by atoms with E-state index in [1.165, 1.54) is 24.2 Å². The molecule has 1 atom stereocenters. The molecule has 1 amide bonds. The Bertz CT molecular complexity index is 555. The van der Waals surface area contributed by atoms with Crippen molar-refractivity contribution in [2.75, 3.05) is 32.0 Å². The van der Waals surface area contributed by atoms with Crippen molar-refractivity contribution >= 4 is 22.2 Å². The smallest absolute Gasteiger partial charge is 0.239 e. The molecule has 2 heterocycles. The van der Waals surface area contributed by atoms with Crippen molar-refractivity contribution in [1.82, 2.24) is 10.2 Å². The van der Waals surface area contributed by atoms with E-state index in [0.29, 0.717) is 23.2 Å². The predicted octanol–water partition coefficient (Wildman–Crippen LogP) is 1.86. The molecule has 1 fully saturated rings. The molecule has 2 rings (SSSR count). The van der Waals surface area contributed by atoms with Crippen molar-refractivity contribution in [1.29, 1.82) is 5.26 Å². The van der Waals surface area contributed by atoms with Crippen molar-refractivity contribution < 1.29 is 4.79 Å². The zero-order valence-electron chi connectivity index (χ0n) is 12.8. The summed E-state index contributed by atoms with van der Waals surface area (Å²) in [5, 5.41) is 16.2. The van der Waals surface area contributed by atoms with Gasteiger partial charge in [0.1, 0.15) is 11.1 Å². The second kappa shape index (κ2) is 7.03. The van der Waals surface area contributed by atoms with Gasteiger partial charge in [0, 0.05) is 17.5 Å². The first kappa shape index (κ1) is 16.0. The van der Waals surface area contributed by atoms with Gasteiger partial charge in [0.05, 0.1) is 12.1 Å². The minimum absolute atomic E-state index is 0.0618. The van der Waals surface area contributed by atoms with Crippen molar-refractivity contribution in [3.63, 3.8) is 0 Å². The molecular weight excluding hydrogens is 284 g/mol. The minimum atomic E-state index is -0.0618. The summed E-state index contributed by atoms with van der Waals surface area (Å²) in [4.78, 5) is 15.2. The quantitative estimate of drug-likeness (QED) is 0.871. The molecule has 114 valence electrons. The van der Waals surface area contributed by atoms with Crippen LogP contribution in [-0.4, -0.2) is 43.5 Å². The first-order valence-electron chi connectivity index (χ1n) is 7.23. The van der Waals surface area contributed by atoms with Gasteiger partial charge in [-0.25, -0.2) is 0 Å². The number of nitrogens with one attached hydrogen (secondary N) is 2. The number of hydrogen-bond acceptors (Lipinski definition) is 5. The maximum absolute atomic E-state index is 12.1. The van der Waals surface area contributed by atoms with Crippen LogP contribution >= 0.6 is 11.3 Å². The standard InChI is InChI=1S/C15H22N4OS/c1-10-11(2)21-15(13(10)7-16)18-14(20)9-19(3)8-12-5-4-6-17-12/h12,17H,4-6,8-9H2,1-3H3,(H,18,20). The zero-order valence-corrected chi connectivity index (χ0v) is 13.6. The summed E-state index contributed by atoms with van der Waals surface area (Å²) < 4.78 is 0. The van der Waals surface area contributed by atoms with Gasteiger partial charge in [0.15, 0.2) is 0 Å². The van der Waals surface area contributed by atoms with Gasteiger partial charge in [0.2, 0.25) is 5.91 Å². The van der Waals surface area contributed by atoms with E-state index in [0.717, 1.165) is 23.5 Å². The summed E-state index contributed by atoms with van der Waals surface area (Å²) >= 11 is 1.47. The number of hydrogen-bond donors (Lipinski definition) is 2. The Balaban J connectivity index is 1.89. The first-order valence-corrected chi connectivity index (χ1v) is 8.04. The van der Waals surface area contributed by atoms with Crippen LogP contribution in [0.5, 0.6) is 0 Å². The highest BCUT2D eigenvalue weighted by Crippen LogP contribution is 2.31. The largest absolute Gasteiger partial charge is 0.315 e. The normalized spacial score (nSPS) is 18.0. The van der Waals surface area contributed by atoms with E-state index in [9.17, 15) is 10.1 Å². The monoisotopic (exact) mass is 306 g/mol. The van der Waals surface area contributed by atoms with Gasteiger partial charge in [-0.15, -0.1) is 11.3 Å². The molecule has 1 aliphatic heterocycles. The van der Waals surface area contributed by atoms with E-state index in [1.54, 1.807) is 0 Å². The third-order valence-corrected chi connectivity index (χ3v) is 4.98. The Morgan fingerprint density at radius 1 is 1.57 bits per heavy atom. The number of nitrogens with zero attached hydrogens (tertiary/aromatic N) is 2. The van der Waals surface area contributed by atoms with Crippen LogP contribution in [0, 0.1) is 25.2 Å². The minimum Gasteiger partial charge on any atom is -0.315 e. The topological polar surface area (TPSA) is 68.2 Å². The number of amides is 1. The number of rotatable bonds is 5. The van der Waals surface area contributed by atoms with Gasteiger partial charge in [-0.2, -0.15) is 5.26 Å². The van der Waals surface area contributed by atoms with Gasteiger partial charge in [-0.3, -0.25) is 9.69 Å². The fourth-order valence-electron chi connectivity index (χ4n) is 2.61. The molecule has 1 unspecified atom stereocenters. The summed E-state index contributed by atoms with van der Waals surface area (Å²) in [6, 6.07) is 2.66. The van der Waals surface area contributed by atoms with Crippen LogP contribution in [0.15, 0.2) is 0 Å². The van der Waals surface area contributed by atoms with Gasteiger partial charge in [-0.1, -0.05) is 0 Å². The number of anilines is 1. The van der Waals surface area contributed by atoms with Gasteiger partial charge in [-0.05, 0) is 45.8 Å². The van der Waals surface area contributed by atoms with Crippen LogP contribution in [0.2, 0.25) is 0 Å². The van der Waals surface area contributed by atoms with E-state index in [-0.39, 0.29) is 5.91 Å². The van der Waals surface area contributed by atoms with Crippen molar-refractivity contribution in [2.45, 2.75) is 32.7 Å². The summed E-state index contributed by atoms with van der Waals surface area (Å²) in [5.74, 6) is -0.0618.